The van der Waals surface area contributed by atoms with E-state index in [0.717, 1.165) is 42.5 Å². The lowest BCUT2D eigenvalue weighted by Crippen LogP contribution is -2.61. The molecule has 0 radical (unpaired) electrons. The summed E-state index contributed by atoms with van der Waals surface area (Å²) in [5, 5.41) is 5.88. The van der Waals surface area contributed by atoms with E-state index in [-0.39, 0.29) is 24.1 Å². The molecule has 2 fully saturated rings. The van der Waals surface area contributed by atoms with E-state index in [9.17, 15) is 13.8 Å². The molecule has 2 N–H and O–H groups in total. The monoisotopic (exact) mass is 657 g/mol. The number of alkyl carbamates (subject to hydrolysis) is 1. The van der Waals surface area contributed by atoms with Crippen molar-refractivity contribution in [3.63, 3.8) is 0 Å². The predicted molar refractivity (Wildman–Crippen MR) is 188 cm³/mol. The molecule has 0 aromatic heterocycles. The molecule has 1 saturated carbocycles. The van der Waals surface area contributed by atoms with Gasteiger partial charge in [-0.1, -0.05) is 97.6 Å². The maximum absolute atomic E-state index is 14.7. The molecule has 0 spiro atoms. The van der Waals surface area contributed by atoms with E-state index in [1.165, 1.54) is 12.8 Å². The van der Waals surface area contributed by atoms with Gasteiger partial charge >= 0.3 is 6.09 Å². The number of nitrogens with zero attached hydrogens (tertiary/aromatic N) is 1. The first-order valence-corrected chi connectivity index (χ1v) is 18.3. The zero-order valence-corrected chi connectivity index (χ0v) is 29.1. The molecule has 1 aliphatic carbocycles. The predicted octanol–water partition coefficient (Wildman–Crippen LogP) is 6.80. The van der Waals surface area contributed by atoms with Crippen molar-refractivity contribution in [3.05, 3.63) is 102 Å². The molecule has 3 aromatic rings. The molecule has 252 valence electrons. The highest BCUT2D eigenvalue weighted by Gasteiger charge is 2.43. The van der Waals surface area contributed by atoms with Gasteiger partial charge in [0.25, 0.3) is 0 Å². The Hall–Kier alpha value is -3.49. The maximum Gasteiger partial charge on any atom is 0.407 e. The number of likely N-dealkylation sites (tertiary alicyclic amines) is 1. The van der Waals surface area contributed by atoms with E-state index in [1.807, 2.05) is 113 Å². The smallest absolute Gasteiger partial charge is 0.407 e. The number of hydrogen-bond donors (Lipinski definition) is 2. The molecule has 47 heavy (non-hydrogen) atoms. The molecule has 2 amide bonds. The number of benzene rings is 3. The summed E-state index contributed by atoms with van der Waals surface area (Å²) in [7, 11) is -1.49. The summed E-state index contributed by atoms with van der Waals surface area (Å²) < 4.78 is 20.4. The normalized spacial score (nSPS) is 21.9. The summed E-state index contributed by atoms with van der Waals surface area (Å²) in [5.41, 5.74) is 2.64. The topological polar surface area (TPSA) is 87.7 Å². The van der Waals surface area contributed by atoms with Crippen LogP contribution in [0.5, 0.6) is 0 Å². The molecule has 7 nitrogen and oxygen atoms in total. The minimum atomic E-state index is -1.49. The van der Waals surface area contributed by atoms with Crippen LogP contribution < -0.4 is 10.6 Å². The van der Waals surface area contributed by atoms with Crippen molar-refractivity contribution in [3.8, 4) is 0 Å². The molecule has 1 unspecified atom stereocenters. The molecule has 6 atom stereocenters. The summed E-state index contributed by atoms with van der Waals surface area (Å²) in [6, 6.07) is 26.5. The van der Waals surface area contributed by atoms with Crippen LogP contribution in [0.1, 0.15) is 69.6 Å². The van der Waals surface area contributed by atoms with Crippen LogP contribution in [0.2, 0.25) is 0 Å². The Kier molecular flexibility index (Phi) is 11.9. The summed E-state index contributed by atoms with van der Waals surface area (Å²) in [4.78, 5) is 30.3. The first kappa shape index (κ1) is 34.8. The molecule has 1 heterocycles. The Morgan fingerprint density at radius 3 is 2.15 bits per heavy atom. The number of rotatable bonds is 11. The van der Waals surface area contributed by atoms with E-state index in [1.54, 1.807) is 0 Å². The van der Waals surface area contributed by atoms with Gasteiger partial charge in [-0.25, -0.2) is 4.79 Å². The molecule has 3 aromatic carbocycles. The third-order valence-electron chi connectivity index (χ3n) is 9.51. The van der Waals surface area contributed by atoms with Gasteiger partial charge in [0.1, 0.15) is 6.61 Å². The number of carbonyl (C=O) groups is 2. The van der Waals surface area contributed by atoms with Crippen LogP contribution in [-0.2, 0) is 33.4 Å². The van der Waals surface area contributed by atoms with Crippen molar-refractivity contribution < 1.29 is 18.5 Å². The third-order valence-corrected chi connectivity index (χ3v) is 11.3. The Labute approximate surface area is 283 Å². The average molecular weight is 658 g/mol. The van der Waals surface area contributed by atoms with E-state index in [4.69, 9.17) is 4.74 Å². The second-order valence-corrected chi connectivity index (χ2v) is 16.1. The van der Waals surface area contributed by atoms with Crippen LogP contribution in [0.15, 0.2) is 89.8 Å². The van der Waals surface area contributed by atoms with Gasteiger partial charge in [-0.05, 0) is 82.1 Å². The van der Waals surface area contributed by atoms with Crippen LogP contribution in [0, 0.1) is 18.8 Å². The fraction of sp³-hybridized carbons (Fsp3) is 0.487. The standard InChI is InChI=1S/C39H51N3O4S/c1-28-19-21-33(22-20-28)47(45)36(26-42-25-32-18-12-11-17-31(32)24-35(42)37(43)41-39(2,3)4)34(23-29-13-7-5-8-14-29)40-38(44)46-27-30-15-9-6-10-16-30/h5-10,13-16,19-22,31-32,34-36H,11-12,17-18,23-27H2,1-4H3,(H,40,44)(H,41,43)/t31-,32+,34+,35-,36+,47?/m0/s1. The molecular weight excluding hydrogens is 607 g/mol. The first-order valence-electron chi connectivity index (χ1n) is 17.1. The van der Waals surface area contributed by atoms with Crippen molar-refractivity contribution in [2.45, 2.75) is 101 Å². The van der Waals surface area contributed by atoms with Gasteiger partial charge in [-0.2, -0.15) is 0 Å². The number of hydrogen-bond acceptors (Lipinski definition) is 5. The summed E-state index contributed by atoms with van der Waals surface area (Å²) >= 11 is 0. The van der Waals surface area contributed by atoms with Crippen LogP contribution in [0.3, 0.4) is 0 Å². The second kappa shape index (κ2) is 16.1. The highest BCUT2D eigenvalue weighted by molar-refractivity contribution is 7.85. The van der Waals surface area contributed by atoms with Gasteiger partial charge in [-0.3, -0.25) is 13.9 Å². The molecular formula is C39H51N3O4S. The number of nitrogens with one attached hydrogen (secondary N) is 2. The van der Waals surface area contributed by atoms with E-state index in [2.05, 4.69) is 15.5 Å². The highest BCUT2D eigenvalue weighted by atomic mass is 32.2. The molecule has 2 aliphatic rings. The van der Waals surface area contributed by atoms with Crippen molar-refractivity contribution >= 4 is 22.8 Å². The zero-order chi connectivity index (χ0) is 33.4. The second-order valence-electron chi connectivity index (χ2n) is 14.4. The largest absolute Gasteiger partial charge is 0.445 e. The van der Waals surface area contributed by atoms with Gasteiger partial charge in [0.15, 0.2) is 0 Å². The van der Waals surface area contributed by atoms with Crippen molar-refractivity contribution in [1.29, 1.82) is 0 Å². The number of aryl methyl sites for hydroxylation is 1. The Bertz CT molecular complexity index is 1480. The Balaban J connectivity index is 1.48. The molecule has 1 saturated heterocycles. The lowest BCUT2D eigenvalue weighted by atomic mass is 9.72. The molecule has 1 aliphatic heterocycles. The van der Waals surface area contributed by atoms with Gasteiger partial charge in [-0.15, -0.1) is 0 Å². The molecule has 8 heteroatoms. The Morgan fingerprint density at radius 1 is 0.894 bits per heavy atom. The molecule has 0 bridgehead atoms. The Morgan fingerprint density at radius 2 is 1.51 bits per heavy atom. The zero-order valence-electron chi connectivity index (χ0n) is 28.3. The van der Waals surface area contributed by atoms with E-state index in [0.29, 0.717) is 29.7 Å². The van der Waals surface area contributed by atoms with Crippen LogP contribution in [0.25, 0.3) is 0 Å². The summed E-state index contributed by atoms with van der Waals surface area (Å²) in [6.07, 6.45) is 5.45. The minimum Gasteiger partial charge on any atom is -0.445 e. The van der Waals surface area contributed by atoms with Crippen molar-refractivity contribution in [2.24, 2.45) is 11.8 Å². The van der Waals surface area contributed by atoms with Crippen LogP contribution in [0.4, 0.5) is 4.79 Å². The average Bonchev–Trinajstić information content (AvgIpc) is 3.06. The van der Waals surface area contributed by atoms with Gasteiger partial charge in [0.05, 0.1) is 28.1 Å². The van der Waals surface area contributed by atoms with E-state index >= 15 is 0 Å². The van der Waals surface area contributed by atoms with Gasteiger partial charge in [0, 0.05) is 23.5 Å². The fourth-order valence-electron chi connectivity index (χ4n) is 7.11. The minimum absolute atomic E-state index is 0.0243. The number of ether oxygens (including phenoxy) is 1. The summed E-state index contributed by atoms with van der Waals surface area (Å²) in [6.45, 7) is 9.38. The highest BCUT2D eigenvalue weighted by Crippen LogP contribution is 2.39. The fourth-order valence-corrected chi connectivity index (χ4v) is 8.65. The lowest BCUT2D eigenvalue weighted by molar-refractivity contribution is -0.131. The quantitative estimate of drug-likeness (QED) is 0.237. The van der Waals surface area contributed by atoms with Crippen molar-refractivity contribution in [2.75, 3.05) is 13.1 Å². The van der Waals surface area contributed by atoms with Gasteiger partial charge in [0.2, 0.25) is 5.91 Å². The number of amides is 2. The number of piperidine rings is 1. The summed E-state index contributed by atoms with van der Waals surface area (Å²) in [5.74, 6) is 1.05. The van der Waals surface area contributed by atoms with Crippen LogP contribution in [-0.4, -0.2) is 57.1 Å². The number of carbonyl (C=O) groups excluding carboxylic acids is 2. The maximum atomic E-state index is 14.7. The third kappa shape index (κ3) is 10.0. The van der Waals surface area contributed by atoms with Crippen molar-refractivity contribution in [1.82, 2.24) is 15.5 Å². The van der Waals surface area contributed by atoms with Gasteiger partial charge < -0.3 is 15.4 Å². The SMILES string of the molecule is Cc1ccc(S(=O)[C@H](CN2C[C@H]3CCCC[C@H]3C[C@H]2C(=O)NC(C)(C)C)[C@@H](Cc2ccccc2)NC(=O)OCc2ccccc2)cc1. The lowest BCUT2D eigenvalue weighted by Gasteiger charge is -2.47. The number of fused-ring (bicyclic) bond motifs is 1. The first-order chi connectivity index (χ1) is 22.6. The molecule has 5 rings (SSSR count). The van der Waals surface area contributed by atoms with Crippen LogP contribution >= 0.6 is 0 Å². The van der Waals surface area contributed by atoms with E-state index < -0.39 is 28.2 Å².